The number of halogens is 1. The highest BCUT2D eigenvalue weighted by atomic mass is 79.9. The van der Waals surface area contributed by atoms with Gasteiger partial charge in [-0.15, -0.1) is 11.3 Å². The zero-order valence-corrected chi connectivity index (χ0v) is 12.3. The molecule has 0 saturated carbocycles. The number of rotatable bonds is 3. The van der Waals surface area contributed by atoms with E-state index in [-0.39, 0.29) is 11.3 Å². The highest BCUT2D eigenvalue weighted by molar-refractivity contribution is 9.11. The van der Waals surface area contributed by atoms with E-state index in [4.69, 9.17) is 5.73 Å². The van der Waals surface area contributed by atoms with Crippen LogP contribution in [-0.2, 0) is 11.2 Å². The number of hydrogen-bond acceptors (Lipinski definition) is 3. The Morgan fingerprint density at radius 3 is 2.94 bits per heavy atom. The van der Waals surface area contributed by atoms with E-state index in [9.17, 15) is 4.79 Å². The van der Waals surface area contributed by atoms with E-state index >= 15 is 0 Å². The van der Waals surface area contributed by atoms with E-state index in [0.29, 0.717) is 13.0 Å². The number of carbonyl (C=O) groups excluding carboxylic acids is 1. The topological polar surface area (TPSA) is 46.3 Å². The molecule has 1 fully saturated rings. The first kappa shape index (κ1) is 13.1. The zero-order valence-electron chi connectivity index (χ0n) is 9.91. The van der Waals surface area contributed by atoms with Crippen LogP contribution in [-0.4, -0.2) is 30.4 Å². The third-order valence-electron chi connectivity index (χ3n) is 3.36. The van der Waals surface area contributed by atoms with Gasteiger partial charge in [0.05, 0.1) is 10.2 Å². The van der Waals surface area contributed by atoms with E-state index in [1.165, 1.54) is 0 Å². The molecule has 1 saturated heterocycles. The smallest absolute Gasteiger partial charge is 0.227 e. The Balaban J connectivity index is 1.94. The van der Waals surface area contributed by atoms with Gasteiger partial charge in [-0.25, -0.2) is 0 Å². The molecule has 94 valence electrons. The molecular formula is C12H17BrN2OS. The Bertz CT molecular complexity index is 420. The lowest BCUT2D eigenvalue weighted by Crippen LogP contribution is -2.35. The molecule has 1 unspecified atom stereocenters. The summed E-state index contributed by atoms with van der Waals surface area (Å²) in [5, 5.41) is 0. The molecule has 0 aromatic carbocycles. The molecule has 0 bridgehead atoms. The van der Waals surface area contributed by atoms with Crippen LogP contribution in [0.3, 0.4) is 0 Å². The van der Waals surface area contributed by atoms with E-state index in [1.54, 1.807) is 11.3 Å². The van der Waals surface area contributed by atoms with Crippen molar-refractivity contribution in [2.45, 2.75) is 19.8 Å². The maximum absolute atomic E-state index is 12.1. The molecule has 1 aliphatic heterocycles. The lowest BCUT2D eigenvalue weighted by atomic mass is 9.90. The monoisotopic (exact) mass is 316 g/mol. The van der Waals surface area contributed by atoms with Gasteiger partial charge in [0.15, 0.2) is 0 Å². The van der Waals surface area contributed by atoms with Gasteiger partial charge in [-0.05, 0) is 46.4 Å². The molecule has 1 aliphatic rings. The first-order chi connectivity index (χ1) is 8.02. The summed E-state index contributed by atoms with van der Waals surface area (Å²) in [6, 6.07) is 3.99. The lowest BCUT2D eigenvalue weighted by Gasteiger charge is -2.22. The molecule has 0 aliphatic carbocycles. The SMILES string of the molecule is CC1(CN)CCN(C(=O)Cc2ccc(Br)s2)C1. The largest absolute Gasteiger partial charge is 0.342 e. The molecule has 3 nitrogen and oxygen atoms in total. The highest BCUT2D eigenvalue weighted by Gasteiger charge is 2.34. The number of thiophene rings is 1. The molecule has 1 amide bonds. The Morgan fingerprint density at radius 2 is 2.41 bits per heavy atom. The van der Waals surface area contributed by atoms with Crippen LogP contribution < -0.4 is 5.73 Å². The van der Waals surface area contributed by atoms with Gasteiger partial charge in [0.2, 0.25) is 5.91 Å². The second kappa shape index (κ2) is 5.08. The second-order valence-electron chi connectivity index (χ2n) is 4.96. The van der Waals surface area contributed by atoms with Gasteiger partial charge in [-0.1, -0.05) is 6.92 Å². The summed E-state index contributed by atoms with van der Waals surface area (Å²) in [7, 11) is 0. The van der Waals surface area contributed by atoms with Crippen LogP contribution in [0.1, 0.15) is 18.2 Å². The molecule has 0 spiro atoms. The highest BCUT2D eigenvalue weighted by Crippen LogP contribution is 2.29. The Kier molecular flexibility index (Phi) is 3.90. The summed E-state index contributed by atoms with van der Waals surface area (Å²) in [5.74, 6) is 0.219. The fourth-order valence-electron chi connectivity index (χ4n) is 2.11. The van der Waals surface area contributed by atoms with Gasteiger partial charge < -0.3 is 10.6 Å². The lowest BCUT2D eigenvalue weighted by molar-refractivity contribution is -0.129. The second-order valence-corrected chi connectivity index (χ2v) is 7.51. The minimum absolute atomic E-state index is 0.117. The Hall–Kier alpha value is -0.390. The quantitative estimate of drug-likeness (QED) is 0.929. The standard InChI is InChI=1S/C12H17BrN2OS/c1-12(7-14)4-5-15(8-12)11(16)6-9-2-3-10(13)17-9/h2-3H,4-8,14H2,1H3. The molecular weight excluding hydrogens is 300 g/mol. The number of nitrogens with zero attached hydrogens (tertiary/aromatic N) is 1. The fraction of sp³-hybridized carbons (Fsp3) is 0.583. The summed E-state index contributed by atoms with van der Waals surface area (Å²) in [6.07, 6.45) is 1.53. The van der Waals surface area contributed by atoms with Crippen molar-refractivity contribution in [1.29, 1.82) is 0 Å². The Labute approximate surface area is 114 Å². The van der Waals surface area contributed by atoms with Crippen molar-refractivity contribution in [1.82, 2.24) is 4.90 Å². The third-order valence-corrected chi connectivity index (χ3v) is 4.98. The van der Waals surface area contributed by atoms with Crippen LogP contribution in [0.2, 0.25) is 0 Å². The number of nitrogens with two attached hydrogens (primary N) is 1. The van der Waals surface area contributed by atoms with Crippen molar-refractivity contribution in [2.24, 2.45) is 11.1 Å². The van der Waals surface area contributed by atoms with Crippen LogP contribution in [0, 0.1) is 5.41 Å². The van der Waals surface area contributed by atoms with Crippen molar-refractivity contribution in [2.75, 3.05) is 19.6 Å². The summed E-state index contributed by atoms with van der Waals surface area (Å²) in [4.78, 5) is 15.2. The first-order valence-corrected chi connectivity index (χ1v) is 7.35. The van der Waals surface area contributed by atoms with Crippen LogP contribution in [0.5, 0.6) is 0 Å². The summed E-state index contributed by atoms with van der Waals surface area (Å²) < 4.78 is 1.08. The van der Waals surface area contributed by atoms with Gasteiger partial charge in [0, 0.05) is 18.0 Å². The van der Waals surface area contributed by atoms with E-state index in [2.05, 4.69) is 22.9 Å². The zero-order chi connectivity index (χ0) is 12.5. The molecule has 17 heavy (non-hydrogen) atoms. The van der Waals surface area contributed by atoms with E-state index in [1.807, 2.05) is 17.0 Å². The van der Waals surface area contributed by atoms with Gasteiger partial charge in [-0.3, -0.25) is 4.79 Å². The van der Waals surface area contributed by atoms with Gasteiger partial charge >= 0.3 is 0 Å². The summed E-state index contributed by atoms with van der Waals surface area (Å²) in [5.41, 5.74) is 5.86. The molecule has 1 aromatic heterocycles. The number of carbonyl (C=O) groups is 1. The predicted octanol–water partition coefficient (Wildman–Crippen LogP) is 2.25. The maximum atomic E-state index is 12.1. The molecule has 1 aromatic rings. The van der Waals surface area contributed by atoms with E-state index in [0.717, 1.165) is 28.2 Å². The van der Waals surface area contributed by atoms with Crippen molar-refractivity contribution >= 4 is 33.2 Å². The number of amides is 1. The van der Waals surface area contributed by atoms with E-state index < -0.39 is 0 Å². The number of hydrogen-bond donors (Lipinski definition) is 1. The summed E-state index contributed by atoms with van der Waals surface area (Å²) >= 11 is 5.04. The average Bonchev–Trinajstić information content (AvgIpc) is 2.86. The third kappa shape index (κ3) is 3.09. The van der Waals surface area contributed by atoms with Crippen LogP contribution in [0.25, 0.3) is 0 Å². The van der Waals surface area contributed by atoms with Crippen LogP contribution in [0.15, 0.2) is 15.9 Å². The minimum Gasteiger partial charge on any atom is -0.342 e. The van der Waals surface area contributed by atoms with Gasteiger partial charge in [0.1, 0.15) is 0 Å². The predicted molar refractivity (Wildman–Crippen MR) is 74.1 cm³/mol. The van der Waals surface area contributed by atoms with Crippen molar-refractivity contribution in [3.63, 3.8) is 0 Å². The molecule has 2 rings (SSSR count). The average molecular weight is 317 g/mol. The molecule has 5 heteroatoms. The number of likely N-dealkylation sites (tertiary alicyclic amines) is 1. The van der Waals surface area contributed by atoms with Crippen molar-refractivity contribution in [3.8, 4) is 0 Å². The Morgan fingerprint density at radius 1 is 1.65 bits per heavy atom. The normalized spacial score (nSPS) is 24.3. The minimum atomic E-state index is 0.117. The van der Waals surface area contributed by atoms with Crippen molar-refractivity contribution in [3.05, 3.63) is 20.8 Å². The first-order valence-electron chi connectivity index (χ1n) is 5.74. The van der Waals surface area contributed by atoms with Gasteiger partial charge in [-0.2, -0.15) is 0 Å². The molecule has 0 radical (unpaired) electrons. The fourth-order valence-corrected chi connectivity index (χ4v) is 3.59. The molecule has 1 atom stereocenters. The van der Waals surface area contributed by atoms with Crippen LogP contribution >= 0.6 is 27.3 Å². The van der Waals surface area contributed by atoms with Crippen LogP contribution in [0.4, 0.5) is 0 Å². The summed E-state index contributed by atoms with van der Waals surface area (Å²) in [6.45, 7) is 4.46. The molecule has 2 heterocycles. The van der Waals surface area contributed by atoms with Crippen molar-refractivity contribution < 1.29 is 4.79 Å². The molecule has 2 N–H and O–H groups in total. The van der Waals surface area contributed by atoms with Gasteiger partial charge in [0.25, 0.3) is 0 Å². The maximum Gasteiger partial charge on any atom is 0.227 e.